The molecule has 94 valence electrons. The number of hydrogen-bond acceptors (Lipinski definition) is 1. The molecule has 0 radical (unpaired) electrons. The fraction of sp³-hybridized carbons (Fsp3) is 0.294. The van der Waals surface area contributed by atoms with Crippen LogP contribution in [0.15, 0.2) is 58.3 Å². The average molecular weight is 256 g/mol. The van der Waals surface area contributed by atoms with Gasteiger partial charge in [-0.05, 0) is 48.6 Å². The molecule has 0 spiro atoms. The van der Waals surface area contributed by atoms with Gasteiger partial charge in [-0.15, -0.1) is 0 Å². The SMILES string of the molecule is CCC(C)c1ccc(Sc2ccccc2C)cc1. The Hall–Kier alpha value is -1.21. The van der Waals surface area contributed by atoms with Gasteiger partial charge in [-0.25, -0.2) is 0 Å². The van der Waals surface area contributed by atoms with E-state index in [1.54, 1.807) is 0 Å². The molecule has 2 rings (SSSR count). The molecule has 0 fully saturated rings. The van der Waals surface area contributed by atoms with Gasteiger partial charge in [0.2, 0.25) is 0 Å². The topological polar surface area (TPSA) is 0 Å². The largest absolute Gasteiger partial charge is 0.0898 e. The van der Waals surface area contributed by atoms with E-state index in [0.29, 0.717) is 5.92 Å². The van der Waals surface area contributed by atoms with Crippen molar-refractivity contribution < 1.29 is 0 Å². The lowest BCUT2D eigenvalue weighted by molar-refractivity contribution is 0.733. The van der Waals surface area contributed by atoms with E-state index in [1.165, 1.54) is 27.3 Å². The predicted octanol–water partition coefficient (Wildman–Crippen LogP) is 5.66. The second-order valence-corrected chi connectivity index (χ2v) is 5.86. The molecule has 1 heteroatoms. The molecule has 0 aromatic heterocycles. The van der Waals surface area contributed by atoms with Crippen molar-refractivity contribution in [2.75, 3.05) is 0 Å². The van der Waals surface area contributed by atoms with E-state index < -0.39 is 0 Å². The Balaban J connectivity index is 2.14. The van der Waals surface area contributed by atoms with E-state index in [0.717, 1.165) is 0 Å². The second-order valence-electron chi connectivity index (χ2n) is 4.75. The van der Waals surface area contributed by atoms with Gasteiger partial charge in [0, 0.05) is 9.79 Å². The molecule has 0 saturated heterocycles. The first kappa shape index (κ1) is 13.2. The fourth-order valence-corrected chi connectivity index (χ4v) is 2.80. The van der Waals surface area contributed by atoms with E-state index in [-0.39, 0.29) is 0 Å². The number of rotatable bonds is 4. The van der Waals surface area contributed by atoms with Gasteiger partial charge in [0.05, 0.1) is 0 Å². The molecule has 1 unspecified atom stereocenters. The maximum atomic E-state index is 2.28. The van der Waals surface area contributed by atoms with Gasteiger partial charge in [-0.3, -0.25) is 0 Å². The quantitative estimate of drug-likeness (QED) is 0.680. The monoisotopic (exact) mass is 256 g/mol. The third-order valence-corrected chi connectivity index (χ3v) is 4.57. The molecule has 0 saturated carbocycles. The Morgan fingerprint density at radius 2 is 1.67 bits per heavy atom. The van der Waals surface area contributed by atoms with Crippen LogP contribution in [0.4, 0.5) is 0 Å². The molecule has 0 heterocycles. The van der Waals surface area contributed by atoms with E-state index >= 15 is 0 Å². The Kier molecular flexibility index (Phi) is 4.48. The Labute approximate surface area is 114 Å². The van der Waals surface area contributed by atoms with Crippen LogP contribution < -0.4 is 0 Å². The van der Waals surface area contributed by atoms with Crippen molar-refractivity contribution in [3.8, 4) is 0 Å². The van der Waals surface area contributed by atoms with Crippen molar-refractivity contribution in [2.45, 2.75) is 42.9 Å². The van der Waals surface area contributed by atoms with Gasteiger partial charge >= 0.3 is 0 Å². The Morgan fingerprint density at radius 3 is 2.28 bits per heavy atom. The van der Waals surface area contributed by atoms with Crippen LogP contribution in [-0.4, -0.2) is 0 Å². The van der Waals surface area contributed by atoms with E-state index in [1.807, 2.05) is 11.8 Å². The molecular weight excluding hydrogens is 236 g/mol. The first-order valence-corrected chi connectivity index (χ1v) is 7.35. The van der Waals surface area contributed by atoms with E-state index in [4.69, 9.17) is 0 Å². The second kappa shape index (κ2) is 6.10. The average Bonchev–Trinajstić information content (AvgIpc) is 2.41. The van der Waals surface area contributed by atoms with Crippen LogP contribution in [0.5, 0.6) is 0 Å². The normalized spacial score (nSPS) is 12.4. The maximum Gasteiger partial charge on any atom is 0.0151 e. The van der Waals surface area contributed by atoms with Crippen molar-refractivity contribution in [1.82, 2.24) is 0 Å². The first-order valence-electron chi connectivity index (χ1n) is 6.54. The van der Waals surface area contributed by atoms with Crippen LogP contribution in [0.1, 0.15) is 37.3 Å². The van der Waals surface area contributed by atoms with E-state index in [9.17, 15) is 0 Å². The van der Waals surface area contributed by atoms with Crippen LogP contribution in [-0.2, 0) is 0 Å². The zero-order valence-electron chi connectivity index (χ0n) is 11.3. The molecule has 0 aliphatic heterocycles. The smallest absolute Gasteiger partial charge is 0.0151 e. The van der Waals surface area contributed by atoms with Gasteiger partial charge in [0.1, 0.15) is 0 Å². The molecule has 2 aromatic rings. The minimum atomic E-state index is 0.655. The molecule has 2 aromatic carbocycles. The lowest BCUT2D eigenvalue weighted by Gasteiger charge is -2.10. The highest BCUT2D eigenvalue weighted by Gasteiger charge is 2.04. The third kappa shape index (κ3) is 3.17. The van der Waals surface area contributed by atoms with Gasteiger partial charge in [0.25, 0.3) is 0 Å². The molecule has 0 nitrogen and oxygen atoms in total. The van der Waals surface area contributed by atoms with Crippen LogP contribution in [0.25, 0.3) is 0 Å². The van der Waals surface area contributed by atoms with Crippen molar-refractivity contribution in [3.05, 3.63) is 59.7 Å². The molecule has 0 aliphatic carbocycles. The molecule has 0 N–H and O–H groups in total. The molecule has 0 aliphatic rings. The molecule has 0 amide bonds. The van der Waals surface area contributed by atoms with Crippen molar-refractivity contribution >= 4 is 11.8 Å². The van der Waals surface area contributed by atoms with E-state index in [2.05, 4.69) is 69.3 Å². The summed E-state index contributed by atoms with van der Waals surface area (Å²) >= 11 is 1.84. The number of benzene rings is 2. The number of hydrogen-bond donors (Lipinski definition) is 0. The van der Waals surface area contributed by atoms with Crippen molar-refractivity contribution in [2.24, 2.45) is 0 Å². The molecule has 18 heavy (non-hydrogen) atoms. The minimum Gasteiger partial charge on any atom is -0.0898 e. The van der Waals surface area contributed by atoms with Crippen LogP contribution in [0.2, 0.25) is 0 Å². The standard InChI is InChI=1S/C17H20S/c1-4-13(2)15-9-11-16(12-10-15)18-17-8-6-5-7-14(17)3/h5-13H,4H2,1-3H3. The molecule has 0 bridgehead atoms. The summed E-state index contributed by atoms with van der Waals surface area (Å²) in [6.45, 7) is 6.68. The summed E-state index contributed by atoms with van der Waals surface area (Å²) in [5.41, 5.74) is 2.78. The lowest BCUT2D eigenvalue weighted by Crippen LogP contribution is -1.90. The number of aryl methyl sites for hydroxylation is 1. The van der Waals surface area contributed by atoms with Gasteiger partial charge in [-0.2, -0.15) is 0 Å². The van der Waals surface area contributed by atoms with Crippen LogP contribution in [0, 0.1) is 6.92 Å². The zero-order chi connectivity index (χ0) is 13.0. The summed E-state index contributed by atoms with van der Waals surface area (Å²) in [5.74, 6) is 0.655. The highest BCUT2D eigenvalue weighted by molar-refractivity contribution is 7.99. The van der Waals surface area contributed by atoms with Crippen molar-refractivity contribution in [3.63, 3.8) is 0 Å². The van der Waals surface area contributed by atoms with Gasteiger partial charge in [0.15, 0.2) is 0 Å². The van der Waals surface area contributed by atoms with Crippen molar-refractivity contribution in [1.29, 1.82) is 0 Å². The fourth-order valence-electron chi connectivity index (χ4n) is 1.90. The third-order valence-electron chi connectivity index (χ3n) is 3.38. The Bertz CT molecular complexity index is 499. The highest BCUT2D eigenvalue weighted by Crippen LogP contribution is 2.31. The van der Waals surface area contributed by atoms with Crippen LogP contribution in [0.3, 0.4) is 0 Å². The maximum absolute atomic E-state index is 2.28. The summed E-state index contributed by atoms with van der Waals surface area (Å²) < 4.78 is 0. The summed E-state index contributed by atoms with van der Waals surface area (Å²) in [4.78, 5) is 2.66. The molecule has 1 atom stereocenters. The highest BCUT2D eigenvalue weighted by atomic mass is 32.2. The van der Waals surface area contributed by atoms with Gasteiger partial charge < -0.3 is 0 Å². The van der Waals surface area contributed by atoms with Crippen LogP contribution >= 0.6 is 11.8 Å². The minimum absolute atomic E-state index is 0.655. The van der Waals surface area contributed by atoms with Gasteiger partial charge in [-0.1, -0.05) is 55.9 Å². The predicted molar refractivity (Wildman–Crippen MR) is 80.5 cm³/mol. The summed E-state index contributed by atoms with van der Waals surface area (Å²) in [7, 11) is 0. The first-order chi connectivity index (χ1) is 8.70. The zero-order valence-corrected chi connectivity index (χ0v) is 12.1. The summed E-state index contributed by atoms with van der Waals surface area (Å²) in [6, 6.07) is 17.5. The molecular formula is C17H20S. The lowest BCUT2D eigenvalue weighted by atomic mass is 9.99. The summed E-state index contributed by atoms with van der Waals surface area (Å²) in [5, 5.41) is 0. The summed E-state index contributed by atoms with van der Waals surface area (Å²) in [6.07, 6.45) is 1.20. The Morgan fingerprint density at radius 1 is 1.00 bits per heavy atom.